The third-order valence-corrected chi connectivity index (χ3v) is 2.80. The first-order valence-corrected chi connectivity index (χ1v) is 6.13. The summed E-state index contributed by atoms with van der Waals surface area (Å²) in [5.74, 6) is 0.351. The van der Waals surface area contributed by atoms with Crippen molar-refractivity contribution in [3.8, 4) is 0 Å². The van der Waals surface area contributed by atoms with Gasteiger partial charge in [-0.05, 0) is 35.8 Å². The molecule has 0 radical (unpaired) electrons. The molecule has 0 heterocycles. The largest absolute Gasteiger partial charge is 0.362 e. The number of nitrogens with one attached hydrogen (secondary N) is 1. The molecule has 0 unspecified atom stereocenters. The SMILES string of the molecule is CC(C)CNC(=S)N(C)Cc1ccc(F)cc1. The van der Waals surface area contributed by atoms with Gasteiger partial charge in [0.2, 0.25) is 0 Å². The van der Waals surface area contributed by atoms with Crippen LogP contribution in [0.2, 0.25) is 0 Å². The average molecular weight is 254 g/mol. The van der Waals surface area contributed by atoms with E-state index in [0.717, 1.165) is 17.2 Å². The van der Waals surface area contributed by atoms with E-state index < -0.39 is 0 Å². The van der Waals surface area contributed by atoms with Gasteiger partial charge in [-0.3, -0.25) is 0 Å². The van der Waals surface area contributed by atoms with Gasteiger partial charge in [0.05, 0.1) is 0 Å². The number of rotatable bonds is 4. The van der Waals surface area contributed by atoms with Crippen LogP contribution < -0.4 is 5.32 Å². The van der Waals surface area contributed by atoms with Crippen molar-refractivity contribution in [3.63, 3.8) is 0 Å². The van der Waals surface area contributed by atoms with Crippen LogP contribution in [0.4, 0.5) is 4.39 Å². The maximum atomic E-state index is 12.7. The molecule has 1 N–H and O–H groups in total. The Kier molecular flexibility index (Phi) is 5.35. The molecular weight excluding hydrogens is 235 g/mol. The molecular formula is C13H19FN2S. The lowest BCUT2D eigenvalue weighted by molar-refractivity contribution is 0.479. The molecule has 0 saturated heterocycles. The Hall–Kier alpha value is -1.16. The van der Waals surface area contributed by atoms with Crippen LogP contribution in [0.15, 0.2) is 24.3 Å². The van der Waals surface area contributed by atoms with E-state index in [4.69, 9.17) is 12.2 Å². The molecule has 0 aliphatic heterocycles. The van der Waals surface area contributed by atoms with Gasteiger partial charge in [0.1, 0.15) is 5.82 Å². The number of nitrogens with zero attached hydrogens (tertiary/aromatic N) is 1. The van der Waals surface area contributed by atoms with Crippen molar-refractivity contribution in [3.05, 3.63) is 35.6 Å². The maximum absolute atomic E-state index is 12.7. The fraction of sp³-hybridized carbons (Fsp3) is 0.462. The van der Waals surface area contributed by atoms with E-state index in [1.54, 1.807) is 12.1 Å². The Morgan fingerprint density at radius 3 is 2.47 bits per heavy atom. The van der Waals surface area contributed by atoms with E-state index in [2.05, 4.69) is 19.2 Å². The number of hydrogen-bond acceptors (Lipinski definition) is 1. The fourth-order valence-electron chi connectivity index (χ4n) is 1.36. The fourth-order valence-corrected chi connectivity index (χ4v) is 1.51. The van der Waals surface area contributed by atoms with E-state index in [-0.39, 0.29) is 5.82 Å². The Morgan fingerprint density at radius 1 is 1.35 bits per heavy atom. The van der Waals surface area contributed by atoms with E-state index in [9.17, 15) is 4.39 Å². The van der Waals surface area contributed by atoms with Gasteiger partial charge in [-0.25, -0.2) is 4.39 Å². The monoisotopic (exact) mass is 254 g/mol. The first-order valence-electron chi connectivity index (χ1n) is 5.72. The van der Waals surface area contributed by atoms with Crippen molar-refractivity contribution in [2.45, 2.75) is 20.4 Å². The molecule has 94 valence electrons. The smallest absolute Gasteiger partial charge is 0.168 e. The minimum Gasteiger partial charge on any atom is -0.362 e. The molecule has 0 fully saturated rings. The zero-order chi connectivity index (χ0) is 12.8. The Morgan fingerprint density at radius 2 is 1.94 bits per heavy atom. The first kappa shape index (κ1) is 13.9. The lowest BCUT2D eigenvalue weighted by atomic mass is 10.2. The second kappa shape index (κ2) is 6.55. The third kappa shape index (κ3) is 5.13. The Bertz CT molecular complexity index is 362. The average Bonchev–Trinajstić information content (AvgIpc) is 2.28. The number of halogens is 1. The minimum absolute atomic E-state index is 0.211. The normalized spacial score (nSPS) is 10.4. The highest BCUT2D eigenvalue weighted by Gasteiger charge is 2.05. The van der Waals surface area contributed by atoms with Crippen LogP contribution in [0.3, 0.4) is 0 Å². The molecule has 0 aromatic heterocycles. The molecule has 0 aliphatic rings. The van der Waals surface area contributed by atoms with Crippen molar-refractivity contribution in [1.82, 2.24) is 10.2 Å². The standard InChI is InChI=1S/C13H19FN2S/c1-10(2)8-15-13(17)16(3)9-11-4-6-12(14)7-5-11/h4-7,10H,8-9H2,1-3H3,(H,15,17). The second-order valence-electron chi connectivity index (χ2n) is 4.56. The van der Waals surface area contributed by atoms with Crippen LogP contribution in [-0.2, 0) is 6.54 Å². The molecule has 4 heteroatoms. The first-order chi connectivity index (χ1) is 7.99. The van der Waals surface area contributed by atoms with Crippen molar-refractivity contribution in [2.24, 2.45) is 5.92 Å². The van der Waals surface area contributed by atoms with Gasteiger partial charge < -0.3 is 10.2 Å². The van der Waals surface area contributed by atoms with Crippen LogP contribution in [0, 0.1) is 11.7 Å². The summed E-state index contributed by atoms with van der Waals surface area (Å²) in [5.41, 5.74) is 1.04. The van der Waals surface area contributed by atoms with Crippen molar-refractivity contribution < 1.29 is 4.39 Å². The molecule has 0 bridgehead atoms. The highest BCUT2D eigenvalue weighted by molar-refractivity contribution is 7.80. The summed E-state index contributed by atoms with van der Waals surface area (Å²) >= 11 is 5.26. The van der Waals surface area contributed by atoms with Gasteiger partial charge in [-0.2, -0.15) is 0 Å². The van der Waals surface area contributed by atoms with Crippen LogP contribution in [0.25, 0.3) is 0 Å². The molecule has 0 saturated carbocycles. The van der Waals surface area contributed by atoms with Crippen molar-refractivity contribution in [1.29, 1.82) is 0 Å². The molecule has 1 rings (SSSR count). The van der Waals surface area contributed by atoms with Gasteiger partial charge in [0.25, 0.3) is 0 Å². The summed E-state index contributed by atoms with van der Waals surface area (Å²) in [7, 11) is 1.93. The predicted octanol–water partition coefficient (Wildman–Crippen LogP) is 2.79. The highest BCUT2D eigenvalue weighted by atomic mass is 32.1. The number of benzene rings is 1. The number of thiocarbonyl (C=S) groups is 1. The van der Waals surface area contributed by atoms with Gasteiger partial charge in [0, 0.05) is 20.1 Å². The zero-order valence-corrected chi connectivity index (χ0v) is 11.4. The van der Waals surface area contributed by atoms with E-state index in [0.29, 0.717) is 12.5 Å². The van der Waals surface area contributed by atoms with Crippen LogP contribution in [-0.4, -0.2) is 23.6 Å². The lowest BCUT2D eigenvalue weighted by Crippen LogP contribution is -2.38. The third-order valence-electron chi connectivity index (χ3n) is 2.34. The van der Waals surface area contributed by atoms with Gasteiger partial charge >= 0.3 is 0 Å². The Labute approximate surface area is 108 Å². The summed E-state index contributed by atoms with van der Waals surface area (Å²) in [5, 5.41) is 3.92. The van der Waals surface area contributed by atoms with Gasteiger partial charge in [0.15, 0.2) is 5.11 Å². The molecule has 17 heavy (non-hydrogen) atoms. The lowest BCUT2D eigenvalue weighted by Gasteiger charge is -2.22. The summed E-state index contributed by atoms with van der Waals surface area (Å²) in [6.07, 6.45) is 0. The quantitative estimate of drug-likeness (QED) is 0.832. The van der Waals surface area contributed by atoms with Gasteiger partial charge in [-0.1, -0.05) is 26.0 Å². The second-order valence-corrected chi connectivity index (χ2v) is 4.95. The van der Waals surface area contributed by atoms with Crippen LogP contribution in [0.5, 0.6) is 0 Å². The molecule has 0 atom stereocenters. The van der Waals surface area contributed by atoms with E-state index in [1.807, 2.05) is 11.9 Å². The van der Waals surface area contributed by atoms with E-state index in [1.165, 1.54) is 12.1 Å². The molecule has 0 aliphatic carbocycles. The molecule has 1 aromatic carbocycles. The van der Waals surface area contributed by atoms with Crippen molar-refractivity contribution >= 4 is 17.3 Å². The summed E-state index contributed by atoms with van der Waals surface area (Å²) in [6, 6.07) is 6.48. The van der Waals surface area contributed by atoms with Crippen molar-refractivity contribution in [2.75, 3.05) is 13.6 Å². The highest BCUT2D eigenvalue weighted by Crippen LogP contribution is 2.05. The Balaban J connectivity index is 2.45. The minimum atomic E-state index is -0.211. The zero-order valence-electron chi connectivity index (χ0n) is 10.5. The maximum Gasteiger partial charge on any atom is 0.168 e. The number of hydrogen-bond donors (Lipinski definition) is 1. The molecule has 0 spiro atoms. The van der Waals surface area contributed by atoms with Gasteiger partial charge in [-0.15, -0.1) is 0 Å². The molecule has 1 aromatic rings. The van der Waals surface area contributed by atoms with E-state index >= 15 is 0 Å². The van der Waals surface area contributed by atoms with Crippen LogP contribution in [0.1, 0.15) is 19.4 Å². The summed E-state index contributed by atoms with van der Waals surface area (Å²) < 4.78 is 12.7. The summed E-state index contributed by atoms with van der Waals surface area (Å²) in [6.45, 7) is 5.82. The van der Waals surface area contributed by atoms with Crippen LogP contribution >= 0.6 is 12.2 Å². The molecule has 0 amide bonds. The topological polar surface area (TPSA) is 15.3 Å². The predicted molar refractivity (Wildman–Crippen MR) is 73.3 cm³/mol. The summed E-state index contributed by atoms with van der Waals surface area (Å²) in [4.78, 5) is 1.95. The molecule has 2 nitrogen and oxygen atoms in total.